The zero-order valence-electron chi connectivity index (χ0n) is 10.9. The molecule has 0 aliphatic carbocycles. The van der Waals surface area contributed by atoms with E-state index < -0.39 is 11.5 Å². The van der Waals surface area contributed by atoms with Gasteiger partial charge in [0.2, 0.25) is 0 Å². The number of rotatable bonds is 6. The number of benzene rings is 1. The van der Waals surface area contributed by atoms with Crippen molar-refractivity contribution in [3.63, 3.8) is 0 Å². The molecule has 0 aliphatic rings. The van der Waals surface area contributed by atoms with Crippen molar-refractivity contribution in [3.05, 3.63) is 23.8 Å². The van der Waals surface area contributed by atoms with Gasteiger partial charge in [-0.1, -0.05) is 6.07 Å². The molecule has 0 spiro atoms. The summed E-state index contributed by atoms with van der Waals surface area (Å²) >= 11 is 0. The maximum Gasteiger partial charge on any atom is 0.305 e. The summed E-state index contributed by atoms with van der Waals surface area (Å²) in [7, 11) is 1.55. The lowest BCUT2D eigenvalue weighted by Gasteiger charge is -2.24. The Morgan fingerprint density at radius 3 is 2.61 bits per heavy atom. The average Bonchev–Trinajstić information content (AvgIpc) is 2.27. The molecule has 0 fully saturated rings. The standard InChI is InChI=1S/C13H19NO4/c1-4-18-11-7-9(5-6-10(11)17-3)13(2,14)8-12(15)16/h5-7H,4,8,14H2,1-3H3,(H,15,16). The molecule has 1 atom stereocenters. The summed E-state index contributed by atoms with van der Waals surface area (Å²) in [5.74, 6) is 0.236. The van der Waals surface area contributed by atoms with E-state index in [1.54, 1.807) is 32.2 Å². The second-order valence-corrected chi connectivity index (χ2v) is 4.29. The Morgan fingerprint density at radius 1 is 1.44 bits per heavy atom. The number of methoxy groups -OCH3 is 1. The molecule has 5 nitrogen and oxygen atoms in total. The molecule has 0 saturated carbocycles. The van der Waals surface area contributed by atoms with E-state index in [-0.39, 0.29) is 6.42 Å². The number of carboxylic acids is 1. The highest BCUT2D eigenvalue weighted by molar-refractivity contribution is 5.69. The molecule has 1 aromatic rings. The molecule has 3 N–H and O–H groups in total. The Morgan fingerprint density at radius 2 is 2.11 bits per heavy atom. The summed E-state index contributed by atoms with van der Waals surface area (Å²) in [6.45, 7) is 4.05. The second-order valence-electron chi connectivity index (χ2n) is 4.29. The smallest absolute Gasteiger partial charge is 0.305 e. The first-order chi connectivity index (χ1) is 8.40. The van der Waals surface area contributed by atoms with E-state index in [9.17, 15) is 4.79 Å². The normalized spacial score (nSPS) is 13.8. The lowest BCUT2D eigenvalue weighted by atomic mass is 9.89. The summed E-state index contributed by atoms with van der Waals surface area (Å²) in [5.41, 5.74) is 5.78. The molecule has 0 amide bonds. The van der Waals surface area contributed by atoms with Crippen LogP contribution in [0.3, 0.4) is 0 Å². The largest absolute Gasteiger partial charge is 0.493 e. The zero-order chi connectivity index (χ0) is 13.8. The van der Waals surface area contributed by atoms with Gasteiger partial charge in [-0.15, -0.1) is 0 Å². The molecule has 0 saturated heterocycles. The van der Waals surface area contributed by atoms with E-state index in [2.05, 4.69) is 0 Å². The third kappa shape index (κ3) is 3.37. The predicted octanol–water partition coefficient (Wildman–Crippen LogP) is 1.74. The molecule has 100 valence electrons. The van der Waals surface area contributed by atoms with Crippen LogP contribution in [0.4, 0.5) is 0 Å². The highest BCUT2D eigenvalue weighted by Crippen LogP contribution is 2.32. The van der Waals surface area contributed by atoms with Gasteiger partial charge in [0.05, 0.1) is 20.1 Å². The SMILES string of the molecule is CCOc1cc(C(C)(N)CC(=O)O)ccc1OC. The van der Waals surface area contributed by atoms with Crippen molar-refractivity contribution >= 4 is 5.97 Å². The van der Waals surface area contributed by atoms with E-state index in [4.69, 9.17) is 20.3 Å². The third-order valence-corrected chi connectivity index (χ3v) is 2.64. The first-order valence-electron chi connectivity index (χ1n) is 5.72. The molecule has 0 aliphatic heterocycles. The minimum Gasteiger partial charge on any atom is -0.493 e. The van der Waals surface area contributed by atoms with Crippen LogP contribution in [0.2, 0.25) is 0 Å². The quantitative estimate of drug-likeness (QED) is 0.807. The highest BCUT2D eigenvalue weighted by Gasteiger charge is 2.25. The Bertz CT molecular complexity index is 429. The van der Waals surface area contributed by atoms with Crippen molar-refractivity contribution in [1.82, 2.24) is 0 Å². The highest BCUT2D eigenvalue weighted by atomic mass is 16.5. The number of nitrogens with two attached hydrogens (primary N) is 1. The molecule has 1 rings (SSSR count). The van der Waals surface area contributed by atoms with Crippen LogP contribution >= 0.6 is 0 Å². The number of aliphatic carboxylic acids is 1. The fourth-order valence-corrected chi connectivity index (χ4v) is 1.72. The Balaban J connectivity index is 3.10. The first-order valence-corrected chi connectivity index (χ1v) is 5.72. The van der Waals surface area contributed by atoms with Crippen molar-refractivity contribution in [1.29, 1.82) is 0 Å². The summed E-state index contributed by atoms with van der Waals surface area (Å²) in [5, 5.41) is 8.85. The van der Waals surface area contributed by atoms with Crippen molar-refractivity contribution < 1.29 is 19.4 Å². The molecule has 18 heavy (non-hydrogen) atoms. The number of carbonyl (C=O) groups is 1. The predicted molar refractivity (Wildman–Crippen MR) is 68.0 cm³/mol. The summed E-state index contributed by atoms with van der Waals surface area (Å²) in [4.78, 5) is 10.8. The van der Waals surface area contributed by atoms with E-state index in [1.165, 1.54) is 0 Å². The molecule has 0 heterocycles. The van der Waals surface area contributed by atoms with E-state index >= 15 is 0 Å². The van der Waals surface area contributed by atoms with Crippen LogP contribution < -0.4 is 15.2 Å². The van der Waals surface area contributed by atoms with Crippen molar-refractivity contribution in [2.75, 3.05) is 13.7 Å². The number of ether oxygens (including phenoxy) is 2. The Kier molecular flexibility index (Phi) is 4.55. The van der Waals surface area contributed by atoms with Crippen LogP contribution in [0.5, 0.6) is 11.5 Å². The minimum atomic E-state index is -0.941. The maximum absolute atomic E-state index is 10.8. The van der Waals surface area contributed by atoms with Gasteiger partial charge in [-0.05, 0) is 31.5 Å². The van der Waals surface area contributed by atoms with E-state index in [1.807, 2.05) is 6.92 Å². The van der Waals surface area contributed by atoms with Gasteiger partial charge < -0.3 is 20.3 Å². The van der Waals surface area contributed by atoms with E-state index in [0.717, 1.165) is 0 Å². The van der Waals surface area contributed by atoms with Gasteiger partial charge in [-0.2, -0.15) is 0 Å². The van der Waals surface area contributed by atoms with Gasteiger partial charge in [0.15, 0.2) is 11.5 Å². The molecular formula is C13H19NO4. The Labute approximate surface area is 107 Å². The monoisotopic (exact) mass is 253 g/mol. The topological polar surface area (TPSA) is 81.8 Å². The zero-order valence-corrected chi connectivity index (χ0v) is 10.9. The molecule has 5 heteroatoms. The minimum absolute atomic E-state index is 0.148. The average molecular weight is 253 g/mol. The fourth-order valence-electron chi connectivity index (χ4n) is 1.72. The van der Waals surface area contributed by atoms with Gasteiger partial charge in [-0.25, -0.2) is 0 Å². The van der Waals surface area contributed by atoms with Crippen LogP contribution in [-0.2, 0) is 10.3 Å². The first kappa shape index (κ1) is 14.3. The van der Waals surface area contributed by atoms with Crippen molar-refractivity contribution in [2.45, 2.75) is 25.8 Å². The summed E-state index contributed by atoms with van der Waals surface area (Å²) in [6.07, 6.45) is -0.148. The number of hydrogen-bond acceptors (Lipinski definition) is 4. The molecule has 0 aromatic heterocycles. The lowest BCUT2D eigenvalue weighted by Crippen LogP contribution is -2.35. The van der Waals surface area contributed by atoms with Crippen LogP contribution in [0.15, 0.2) is 18.2 Å². The van der Waals surface area contributed by atoms with Crippen LogP contribution in [-0.4, -0.2) is 24.8 Å². The van der Waals surface area contributed by atoms with Crippen LogP contribution in [0.25, 0.3) is 0 Å². The maximum atomic E-state index is 10.8. The lowest BCUT2D eigenvalue weighted by molar-refractivity contribution is -0.138. The van der Waals surface area contributed by atoms with Gasteiger partial charge in [0.25, 0.3) is 0 Å². The number of carboxylic acid groups (broad SMARTS) is 1. The summed E-state index contributed by atoms with van der Waals surface area (Å²) < 4.78 is 10.6. The van der Waals surface area contributed by atoms with Crippen LogP contribution in [0.1, 0.15) is 25.8 Å². The van der Waals surface area contributed by atoms with Crippen LogP contribution in [0, 0.1) is 0 Å². The van der Waals surface area contributed by atoms with Crippen molar-refractivity contribution in [3.8, 4) is 11.5 Å². The van der Waals surface area contributed by atoms with Crippen molar-refractivity contribution in [2.24, 2.45) is 5.73 Å². The molecular weight excluding hydrogens is 234 g/mol. The molecule has 0 bridgehead atoms. The van der Waals surface area contributed by atoms with E-state index in [0.29, 0.717) is 23.7 Å². The molecule has 1 aromatic carbocycles. The third-order valence-electron chi connectivity index (χ3n) is 2.64. The van der Waals surface area contributed by atoms with Gasteiger partial charge in [0, 0.05) is 5.54 Å². The molecule has 0 radical (unpaired) electrons. The summed E-state index contributed by atoms with van der Waals surface area (Å²) in [6, 6.07) is 5.21. The fraction of sp³-hybridized carbons (Fsp3) is 0.462. The van der Waals surface area contributed by atoms with Gasteiger partial charge in [-0.3, -0.25) is 4.79 Å². The molecule has 1 unspecified atom stereocenters. The number of hydrogen-bond donors (Lipinski definition) is 2. The van der Waals surface area contributed by atoms with Gasteiger partial charge in [0.1, 0.15) is 0 Å². The second kappa shape index (κ2) is 5.73. The van der Waals surface area contributed by atoms with Gasteiger partial charge >= 0.3 is 5.97 Å². The Hall–Kier alpha value is -1.75.